The monoisotopic (exact) mass is 262 g/mol. The Kier molecular flexibility index (Phi) is 4.14. The van der Waals surface area contributed by atoms with Crippen LogP contribution in [0.1, 0.15) is 58.3 Å². The van der Waals surface area contributed by atoms with Gasteiger partial charge in [0, 0.05) is 13.1 Å². The minimum atomic E-state index is -0.491. The SMILES string of the molecule is C[C@@H](O)c1ccc(N(C)C2CCC(C)(C)CC2)cn1. The zero-order valence-electron chi connectivity index (χ0n) is 12.6. The Balaban J connectivity index is 2.02. The molecule has 0 radical (unpaired) electrons. The van der Waals surface area contributed by atoms with Crippen molar-refractivity contribution in [2.75, 3.05) is 11.9 Å². The number of hydrogen-bond donors (Lipinski definition) is 1. The molecule has 1 aliphatic carbocycles. The third-order valence-electron chi connectivity index (χ3n) is 4.46. The summed E-state index contributed by atoms with van der Waals surface area (Å²) in [4.78, 5) is 6.67. The molecule has 19 heavy (non-hydrogen) atoms. The van der Waals surface area contributed by atoms with Gasteiger partial charge in [-0.05, 0) is 50.2 Å². The molecule has 0 unspecified atom stereocenters. The Bertz CT molecular complexity index is 401. The molecule has 0 aromatic carbocycles. The number of nitrogens with zero attached hydrogens (tertiary/aromatic N) is 2. The fourth-order valence-corrected chi connectivity index (χ4v) is 2.84. The number of aromatic nitrogens is 1. The Morgan fingerprint density at radius 2 is 1.95 bits per heavy atom. The lowest BCUT2D eigenvalue weighted by atomic mass is 9.75. The van der Waals surface area contributed by atoms with Gasteiger partial charge >= 0.3 is 0 Å². The van der Waals surface area contributed by atoms with E-state index < -0.39 is 6.10 Å². The van der Waals surface area contributed by atoms with Gasteiger partial charge in [0.1, 0.15) is 0 Å². The van der Waals surface area contributed by atoms with Gasteiger partial charge in [0.15, 0.2) is 0 Å². The van der Waals surface area contributed by atoms with Crippen molar-refractivity contribution in [2.24, 2.45) is 5.41 Å². The summed E-state index contributed by atoms with van der Waals surface area (Å²) in [6, 6.07) is 4.60. The fourth-order valence-electron chi connectivity index (χ4n) is 2.84. The van der Waals surface area contributed by atoms with Crippen molar-refractivity contribution in [3.05, 3.63) is 24.0 Å². The van der Waals surface area contributed by atoms with E-state index in [2.05, 4.69) is 36.8 Å². The molecule has 1 saturated carbocycles. The van der Waals surface area contributed by atoms with Gasteiger partial charge in [-0.15, -0.1) is 0 Å². The van der Waals surface area contributed by atoms with E-state index in [0.29, 0.717) is 11.5 Å². The number of aliphatic hydroxyl groups excluding tert-OH is 1. The molecule has 1 atom stereocenters. The molecule has 3 heteroatoms. The molecule has 0 spiro atoms. The van der Waals surface area contributed by atoms with Crippen molar-refractivity contribution < 1.29 is 5.11 Å². The van der Waals surface area contributed by atoms with Gasteiger partial charge in [0.05, 0.1) is 23.7 Å². The van der Waals surface area contributed by atoms with Crippen molar-refractivity contribution in [1.29, 1.82) is 0 Å². The summed E-state index contributed by atoms with van der Waals surface area (Å²) in [5.74, 6) is 0. The van der Waals surface area contributed by atoms with E-state index in [9.17, 15) is 5.11 Å². The van der Waals surface area contributed by atoms with Crippen molar-refractivity contribution >= 4 is 5.69 Å². The zero-order valence-corrected chi connectivity index (χ0v) is 12.6. The van der Waals surface area contributed by atoms with Crippen LogP contribution in [0, 0.1) is 5.41 Å². The first-order valence-electron chi connectivity index (χ1n) is 7.26. The smallest absolute Gasteiger partial charge is 0.0931 e. The van der Waals surface area contributed by atoms with Crippen molar-refractivity contribution in [2.45, 2.75) is 58.6 Å². The van der Waals surface area contributed by atoms with E-state index >= 15 is 0 Å². The predicted molar refractivity (Wildman–Crippen MR) is 79.3 cm³/mol. The lowest BCUT2D eigenvalue weighted by Gasteiger charge is -2.39. The van der Waals surface area contributed by atoms with Gasteiger partial charge in [0.2, 0.25) is 0 Å². The number of aliphatic hydroxyl groups is 1. The maximum absolute atomic E-state index is 9.48. The molecule has 0 bridgehead atoms. The molecule has 1 N–H and O–H groups in total. The highest BCUT2D eigenvalue weighted by atomic mass is 16.3. The van der Waals surface area contributed by atoms with E-state index in [0.717, 1.165) is 11.4 Å². The molecule has 1 aliphatic rings. The van der Waals surface area contributed by atoms with Crippen LogP contribution in [-0.4, -0.2) is 23.2 Å². The van der Waals surface area contributed by atoms with Crippen LogP contribution < -0.4 is 4.90 Å². The summed E-state index contributed by atoms with van der Waals surface area (Å²) in [5, 5.41) is 9.48. The molecule has 0 amide bonds. The van der Waals surface area contributed by atoms with E-state index in [-0.39, 0.29) is 0 Å². The summed E-state index contributed by atoms with van der Waals surface area (Å²) < 4.78 is 0. The normalized spacial score (nSPS) is 21.1. The van der Waals surface area contributed by atoms with Crippen LogP contribution in [-0.2, 0) is 0 Å². The average molecular weight is 262 g/mol. The second-order valence-electron chi connectivity index (χ2n) is 6.62. The van der Waals surface area contributed by atoms with Crippen LogP contribution in [0.25, 0.3) is 0 Å². The highest BCUT2D eigenvalue weighted by molar-refractivity contribution is 5.45. The van der Waals surface area contributed by atoms with Gasteiger partial charge in [-0.2, -0.15) is 0 Å². The second kappa shape index (κ2) is 5.49. The Morgan fingerprint density at radius 3 is 2.42 bits per heavy atom. The molecule has 1 fully saturated rings. The van der Waals surface area contributed by atoms with Gasteiger partial charge in [0.25, 0.3) is 0 Å². The van der Waals surface area contributed by atoms with Crippen molar-refractivity contribution in [1.82, 2.24) is 4.98 Å². The number of pyridine rings is 1. The number of rotatable bonds is 3. The summed E-state index contributed by atoms with van der Waals surface area (Å²) in [7, 11) is 2.15. The number of hydrogen-bond acceptors (Lipinski definition) is 3. The van der Waals surface area contributed by atoms with Crippen molar-refractivity contribution in [3.8, 4) is 0 Å². The highest BCUT2D eigenvalue weighted by Crippen LogP contribution is 2.37. The highest BCUT2D eigenvalue weighted by Gasteiger charge is 2.28. The third kappa shape index (κ3) is 3.47. The van der Waals surface area contributed by atoms with E-state index in [1.165, 1.54) is 25.7 Å². The molecule has 1 heterocycles. The third-order valence-corrected chi connectivity index (χ3v) is 4.46. The maximum Gasteiger partial charge on any atom is 0.0931 e. The fraction of sp³-hybridized carbons (Fsp3) is 0.688. The van der Waals surface area contributed by atoms with Crippen LogP contribution >= 0.6 is 0 Å². The minimum Gasteiger partial charge on any atom is -0.387 e. The lowest BCUT2D eigenvalue weighted by Crippen LogP contribution is -2.37. The van der Waals surface area contributed by atoms with Gasteiger partial charge < -0.3 is 10.0 Å². The van der Waals surface area contributed by atoms with Crippen LogP contribution in [0.5, 0.6) is 0 Å². The molecule has 106 valence electrons. The van der Waals surface area contributed by atoms with Crippen LogP contribution in [0.3, 0.4) is 0 Å². The van der Waals surface area contributed by atoms with Crippen LogP contribution in [0.4, 0.5) is 5.69 Å². The molecule has 1 aromatic rings. The summed E-state index contributed by atoms with van der Waals surface area (Å²) >= 11 is 0. The van der Waals surface area contributed by atoms with Gasteiger partial charge in [-0.1, -0.05) is 13.8 Å². The molecule has 2 rings (SSSR count). The summed E-state index contributed by atoms with van der Waals surface area (Å²) in [6.45, 7) is 6.47. The molecular formula is C16H26N2O. The van der Waals surface area contributed by atoms with E-state index in [4.69, 9.17) is 0 Å². The van der Waals surface area contributed by atoms with Gasteiger partial charge in [-0.3, -0.25) is 4.98 Å². The molecule has 0 saturated heterocycles. The molecule has 0 aliphatic heterocycles. The maximum atomic E-state index is 9.48. The second-order valence-corrected chi connectivity index (χ2v) is 6.62. The largest absolute Gasteiger partial charge is 0.387 e. The molecular weight excluding hydrogens is 236 g/mol. The van der Waals surface area contributed by atoms with E-state index in [1.807, 2.05) is 12.3 Å². The van der Waals surface area contributed by atoms with Crippen LogP contribution in [0.2, 0.25) is 0 Å². The standard InChI is InChI=1S/C16H26N2O/c1-12(19)15-6-5-14(11-17-15)18(4)13-7-9-16(2,3)10-8-13/h5-6,11-13,19H,7-10H2,1-4H3/t12-/m1/s1. The number of anilines is 1. The Labute approximate surface area is 116 Å². The first-order valence-corrected chi connectivity index (χ1v) is 7.26. The topological polar surface area (TPSA) is 36.4 Å². The lowest BCUT2D eigenvalue weighted by molar-refractivity contribution is 0.194. The molecule has 3 nitrogen and oxygen atoms in total. The average Bonchev–Trinajstić information content (AvgIpc) is 2.38. The van der Waals surface area contributed by atoms with E-state index in [1.54, 1.807) is 6.92 Å². The summed E-state index contributed by atoms with van der Waals surface area (Å²) in [5.41, 5.74) is 2.39. The minimum absolute atomic E-state index is 0.491. The molecule has 1 aromatic heterocycles. The quantitative estimate of drug-likeness (QED) is 0.905. The van der Waals surface area contributed by atoms with Gasteiger partial charge in [-0.25, -0.2) is 0 Å². The zero-order chi connectivity index (χ0) is 14.0. The first kappa shape index (κ1) is 14.3. The Hall–Kier alpha value is -1.09. The predicted octanol–water partition coefficient (Wildman–Crippen LogP) is 3.54. The van der Waals surface area contributed by atoms with Crippen LogP contribution in [0.15, 0.2) is 18.3 Å². The summed E-state index contributed by atoms with van der Waals surface area (Å²) in [6.07, 6.45) is 6.47. The Morgan fingerprint density at radius 1 is 1.32 bits per heavy atom. The van der Waals surface area contributed by atoms with Crippen molar-refractivity contribution in [3.63, 3.8) is 0 Å². The first-order chi connectivity index (χ1) is 8.89.